The Labute approximate surface area is 185 Å². The van der Waals surface area contributed by atoms with E-state index in [-0.39, 0.29) is 11.9 Å². The molecule has 0 bridgehead atoms. The van der Waals surface area contributed by atoms with Crippen molar-refractivity contribution in [2.75, 3.05) is 45.7 Å². The minimum absolute atomic E-state index is 0.164. The maximum Gasteiger partial charge on any atom is 0.256 e. The number of nitrogens with one attached hydrogen (secondary N) is 2. The first-order valence-corrected chi connectivity index (χ1v) is 11.1. The number of ether oxygens (including phenoxy) is 1. The lowest BCUT2D eigenvalue weighted by Crippen LogP contribution is -2.44. The van der Waals surface area contributed by atoms with Crippen molar-refractivity contribution in [1.29, 1.82) is 0 Å². The first-order valence-electron chi connectivity index (χ1n) is 11.1. The summed E-state index contributed by atoms with van der Waals surface area (Å²) in [5, 5.41) is 7.32. The van der Waals surface area contributed by atoms with E-state index >= 15 is 0 Å². The SMILES string of the molecule is CNC(=O)c1c(NC2COC2)c2cc(CC3CN(C)C3)cnc2n2c1nc1ccccc12. The minimum Gasteiger partial charge on any atom is -0.377 e. The average Bonchev–Trinajstić information content (AvgIpc) is 3.13. The predicted octanol–water partition coefficient (Wildman–Crippen LogP) is 2.31. The predicted molar refractivity (Wildman–Crippen MR) is 124 cm³/mol. The van der Waals surface area contributed by atoms with E-state index in [0.717, 1.165) is 47.3 Å². The molecular weight excluding hydrogens is 404 g/mol. The Kier molecular flexibility index (Phi) is 4.51. The largest absolute Gasteiger partial charge is 0.377 e. The van der Waals surface area contributed by atoms with Gasteiger partial charge in [-0.2, -0.15) is 0 Å². The monoisotopic (exact) mass is 430 g/mol. The number of carbonyl (C=O) groups is 1. The van der Waals surface area contributed by atoms with Crippen LogP contribution in [0.2, 0.25) is 0 Å². The number of fused-ring (bicyclic) bond motifs is 5. The summed E-state index contributed by atoms with van der Waals surface area (Å²) in [6.07, 6.45) is 2.96. The van der Waals surface area contributed by atoms with E-state index in [1.54, 1.807) is 7.05 Å². The number of benzene rings is 1. The Hall–Kier alpha value is -3.23. The average molecular weight is 431 g/mol. The lowest BCUT2D eigenvalue weighted by atomic mass is 9.93. The molecule has 2 fully saturated rings. The number of carbonyl (C=O) groups excluding carboxylic acids is 1. The molecule has 0 radical (unpaired) electrons. The lowest BCUT2D eigenvalue weighted by Gasteiger charge is -2.36. The quantitative estimate of drug-likeness (QED) is 0.506. The molecule has 0 spiro atoms. The van der Waals surface area contributed by atoms with Gasteiger partial charge in [0.15, 0.2) is 5.65 Å². The Morgan fingerprint density at radius 2 is 2.03 bits per heavy atom. The molecule has 2 N–H and O–H groups in total. The topological polar surface area (TPSA) is 83.8 Å². The van der Waals surface area contributed by atoms with Crippen molar-refractivity contribution < 1.29 is 9.53 Å². The third-order valence-electron chi connectivity index (χ3n) is 6.54. The number of pyridine rings is 2. The van der Waals surface area contributed by atoms with Gasteiger partial charge in [-0.3, -0.25) is 9.20 Å². The smallest absolute Gasteiger partial charge is 0.256 e. The minimum atomic E-state index is -0.166. The lowest BCUT2D eigenvalue weighted by molar-refractivity contribution is 0.0211. The molecule has 3 aromatic heterocycles. The Morgan fingerprint density at radius 3 is 2.75 bits per heavy atom. The van der Waals surface area contributed by atoms with E-state index in [1.165, 1.54) is 5.56 Å². The number of para-hydroxylation sites is 2. The number of aromatic nitrogens is 3. The van der Waals surface area contributed by atoms with Crippen LogP contribution in [-0.4, -0.2) is 71.6 Å². The van der Waals surface area contributed by atoms with Crippen LogP contribution in [0.3, 0.4) is 0 Å². The van der Waals surface area contributed by atoms with Gasteiger partial charge in [0.05, 0.1) is 36.0 Å². The zero-order valence-electron chi connectivity index (χ0n) is 18.3. The number of nitrogens with zero attached hydrogens (tertiary/aromatic N) is 4. The summed E-state index contributed by atoms with van der Waals surface area (Å²) in [5.74, 6) is 0.480. The first kappa shape index (κ1) is 19.5. The highest BCUT2D eigenvalue weighted by molar-refractivity contribution is 6.13. The Morgan fingerprint density at radius 1 is 1.22 bits per heavy atom. The number of rotatable bonds is 5. The molecule has 164 valence electrons. The van der Waals surface area contributed by atoms with E-state index in [4.69, 9.17) is 14.7 Å². The van der Waals surface area contributed by atoms with Crippen molar-refractivity contribution in [2.45, 2.75) is 12.5 Å². The van der Waals surface area contributed by atoms with Crippen LogP contribution < -0.4 is 10.6 Å². The fraction of sp³-hybridized carbons (Fsp3) is 0.375. The molecule has 1 amide bonds. The van der Waals surface area contributed by atoms with Crippen LogP contribution in [0, 0.1) is 5.92 Å². The summed E-state index contributed by atoms with van der Waals surface area (Å²) in [6, 6.07) is 10.3. The molecule has 6 rings (SSSR count). The normalized spacial score (nSPS) is 17.6. The molecule has 1 aromatic carbocycles. The molecule has 0 saturated carbocycles. The van der Waals surface area contributed by atoms with Gasteiger partial charge in [-0.1, -0.05) is 12.1 Å². The van der Waals surface area contributed by atoms with Crippen LogP contribution >= 0.6 is 0 Å². The van der Waals surface area contributed by atoms with Crippen LogP contribution in [0.1, 0.15) is 15.9 Å². The summed E-state index contributed by atoms with van der Waals surface area (Å²) in [6.45, 7) is 3.46. The second-order valence-electron chi connectivity index (χ2n) is 8.97. The molecule has 32 heavy (non-hydrogen) atoms. The van der Waals surface area contributed by atoms with Crippen LogP contribution in [0.25, 0.3) is 27.7 Å². The van der Waals surface area contributed by atoms with Crippen molar-refractivity contribution in [2.24, 2.45) is 5.92 Å². The van der Waals surface area contributed by atoms with E-state index in [9.17, 15) is 4.79 Å². The summed E-state index contributed by atoms with van der Waals surface area (Å²) in [7, 11) is 3.80. The van der Waals surface area contributed by atoms with E-state index in [0.29, 0.717) is 30.3 Å². The van der Waals surface area contributed by atoms with E-state index in [2.05, 4.69) is 28.6 Å². The molecule has 5 heterocycles. The molecule has 0 unspecified atom stereocenters. The van der Waals surface area contributed by atoms with Gasteiger partial charge in [0, 0.05) is 31.7 Å². The molecule has 2 saturated heterocycles. The number of hydrogen-bond acceptors (Lipinski definition) is 6. The number of imidazole rings is 1. The molecule has 8 heteroatoms. The van der Waals surface area contributed by atoms with Crippen molar-refractivity contribution in [3.63, 3.8) is 0 Å². The second-order valence-corrected chi connectivity index (χ2v) is 8.97. The second kappa shape index (κ2) is 7.43. The number of anilines is 1. The summed E-state index contributed by atoms with van der Waals surface area (Å²) < 4.78 is 7.40. The molecule has 8 nitrogen and oxygen atoms in total. The Bertz CT molecular complexity index is 1350. The highest BCUT2D eigenvalue weighted by Crippen LogP contribution is 2.35. The van der Waals surface area contributed by atoms with E-state index < -0.39 is 0 Å². The van der Waals surface area contributed by atoms with Gasteiger partial charge in [-0.05, 0) is 43.1 Å². The maximum atomic E-state index is 13.1. The number of likely N-dealkylation sites (tertiary alicyclic amines) is 1. The van der Waals surface area contributed by atoms with Crippen LogP contribution in [-0.2, 0) is 11.2 Å². The molecule has 0 aliphatic carbocycles. The fourth-order valence-corrected chi connectivity index (χ4v) is 4.93. The highest BCUT2D eigenvalue weighted by Gasteiger charge is 2.28. The van der Waals surface area contributed by atoms with E-state index in [1.807, 2.05) is 34.9 Å². The zero-order chi connectivity index (χ0) is 21.8. The molecule has 4 aromatic rings. The van der Waals surface area contributed by atoms with Crippen molar-refractivity contribution in [1.82, 2.24) is 24.6 Å². The van der Waals surface area contributed by atoms with Gasteiger partial charge in [0.2, 0.25) is 0 Å². The van der Waals surface area contributed by atoms with Gasteiger partial charge in [-0.15, -0.1) is 0 Å². The van der Waals surface area contributed by atoms with Gasteiger partial charge < -0.3 is 20.3 Å². The Balaban J connectivity index is 1.63. The number of amides is 1. The van der Waals surface area contributed by atoms with Crippen molar-refractivity contribution >= 4 is 39.3 Å². The van der Waals surface area contributed by atoms with Crippen molar-refractivity contribution in [3.8, 4) is 0 Å². The highest BCUT2D eigenvalue weighted by atomic mass is 16.5. The first-order chi connectivity index (χ1) is 15.6. The standard InChI is InChI=1S/C24H26N6O2/c1-25-24(31)20-21(27-16-12-32-13-16)17-8-14(7-15-10-29(2)11-15)9-26-22(17)30-19-6-4-3-5-18(19)28-23(20)30/h3-6,8-9,15-16,27H,7,10-13H2,1-2H3,(H,25,31). The maximum absolute atomic E-state index is 13.1. The molecular formula is C24H26N6O2. The molecule has 2 aliphatic heterocycles. The van der Waals surface area contributed by atoms with Gasteiger partial charge in [-0.25, -0.2) is 9.97 Å². The number of hydrogen-bond donors (Lipinski definition) is 2. The summed E-state index contributed by atoms with van der Waals surface area (Å²) in [5.41, 5.74) is 5.72. The molecule has 0 atom stereocenters. The third-order valence-corrected chi connectivity index (χ3v) is 6.54. The van der Waals surface area contributed by atoms with Crippen LogP contribution in [0.15, 0.2) is 36.5 Å². The van der Waals surface area contributed by atoms with Crippen molar-refractivity contribution in [3.05, 3.63) is 47.7 Å². The van der Waals surface area contributed by atoms with Crippen LogP contribution in [0.4, 0.5) is 5.69 Å². The fourth-order valence-electron chi connectivity index (χ4n) is 4.93. The van der Waals surface area contributed by atoms with Gasteiger partial charge in [0.1, 0.15) is 11.2 Å². The van der Waals surface area contributed by atoms with Crippen LogP contribution in [0.5, 0.6) is 0 Å². The van der Waals surface area contributed by atoms with Gasteiger partial charge in [0.25, 0.3) is 5.91 Å². The van der Waals surface area contributed by atoms with Gasteiger partial charge >= 0.3 is 0 Å². The summed E-state index contributed by atoms with van der Waals surface area (Å²) in [4.78, 5) is 25.2. The third kappa shape index (κ3) is 3.02. The zero-order valence-corrected chi connectivity index (χ0v) is 18.3. The molecule has 2 aliphatic rings. The summed E-state index contributed by atoms with van der Waals surface area (Å²) >= 11 is 0.